The number of likely N-dealkylation sites (tertiary alicyclic amines) is 1. The van der Waals surface area contributed by atoms with E-state index in [1.54, 1.807) is 25.8 Å². The first kappa shape index (κ1) is 14.5. The van der Waals surface area contributed by atoms with Gasteiger partial charge in [-0.25, -0.2) is 0 Å². The van der Waals surface area contributed by atoms with Crippen LogP contribution in [0.3, 0.4) is 0 Å². The number of aliphatic carboxylic acids is 1. The van der Waals surface area contributed by atoms with Gasteiger partial charge in [0.1, 0.15) is 6.54 Å². The van der Waals surface area contributed by atoms with Crippen molar-refractivity contribution < 1.29 is 19.5 Å². The second-order valence-corrected chi connectivity index (χ2v) is 4.96. The highest BCUT2D eigenvalue weighted by atomic mass is 16.4. The highest BCUT2D eigenvalue weighted by Crippen LogP contribution is 2.20. The first-order valence-corrected chi connectivity index (χ1v) is 6.09. The predicted octanol–water partition coefficient (Wildman–Crippen LogP) is 0.176. The van der Waals surface area contributed by atoms with E-state index in [9.17, 15) is 14.4 Å². The summed E-state index contributed by atoms with van der Waals surface area (Å²) in [6.07, 6.45) is 0.780. The summed E-state index contributed by atoms with van der Waals surface area (Å²) in [6, 6.07) is -0.177. The van der Waals surface area contributed by atoms with Gasteiger partial charge in [-0.3, -0.25) is 14.4 Å². The standard InChI is InChI=1S/C12H20N2O4/c1-8(2)14(7-11(16)17)12(18)9-4-5-13(3)10(15)6-9/h8-9H,4-7H2,1-3H3,(H,16,17). The maximum Gasteiger partial charge on any atom is 0.323 e. The van der Waals surface area contributed by atoms with Crippen LogP contribution in [0.15, 0.2) is 0 Å². The molecule has 1 atom stereocenters. The molecule has 0 spiro atoms. The van der Waals surface area contributed by atoms with Gasteiger partial charge in [0.25, 0.3) is 0 Å². The van der Waals surface area contributed by atoms with E-state index in [-0.39, 0.29) is 36.7 Å². The molecule has 0 bridgehead atoms. The highest BCUT2D eigenvalue weighted by Gasteiger charge is 2.33. The van der Waals surface area contributed by atoms with Crippen LogP contribution in [0.1, 0.15) is 26.7 Å². The van der Waals surface area contributed by atoms with Crippen LogP contribution in [0.25, 0.3) is 0 Å². The number of piperidine rings is 1. The smallest absolute Gasteiger partial charge is 0.323 e. The predicted molar refractivity (Wildman–Crippen MR) is 64.8 cm³/mol. The van der Waals surface area contributed by atoms with Gasteiger partial charge in [-0.2, -0.15) is 0 Å². The third-order valence-corrected chi connectivity index (χ3v) is 3.22. The Morgan fingerprint density at radius 2 is 2.11 bits per heavy atom. The van der Waals surface area contributed by atoms with Gasteiger partial charge in [0.15, 0.2) is 0 Å². The Kier molecular flexibility index (Phi) is 4.69. The first-order valence-electron chi connectivity index (χ1n) is 6.09. The third-order valence-electron chi connectivity index (χ3n) is 3.22. The van der Waals surface area contributed by atoms with E-state index >= 15 is 0 Å². The molecule has 0 aromatic carbocycles. The van der Waals surface area contributed by atoms with Gasteiger partial charge in [0, 0.05) is 32.0 Å². The molecule has 1 N–H and O–H groups in total. The van der Waals surface area contributed by atoms with E-state index < -0.39 is 5.97 Å². The van der Waals surface area contributed by atoms with Crippen molar-refractivity contribution in [2.75, 3.05) is 20.1 Å². The molecule has 1 rings (SSSR count). The van der Waals surface area contributed by atoms with Crippen molar-refractivity contribution in [3.63, 3.8) is 0 Å². The Morgan fingerprint density at radius 3 is 2.56 bits per heavy atom. The monoisotopic (exact) mass is 256 g/mol. The average Bonchev–Trinajstić information content (AvgIpc) is 2.28. The fourth-order valence-corrected chi connectivity index (χ4v) is 2.05. The molecule has 0 aromatic rings. The summed E-state index contributed by atoms with van der Waals surface area (Å²) < 4.78 is 0. The summed E-state index contributed by atoms with van der Waals surface area (Å²) in [6.45, 7) is 3.79. The lowest BCUT2D eigenvalue weighted by Crippen LogP contribution is -2.47. The summed E-state index contributed by atoms with van der Waals surface area (Å²) in [5.41, 5.74) is 0. The van der Waals surface area contributed by atoms with Crippen molar-refractivity contribution in [3.8, 4) is 0 Å². The molecular weight excluding hydrogens is 236 g/mol. The van der Waals surface area contributed by atoms with E-state index in [1.807, 2.05) is 0 Å². The van der Waals surface area contributed by atoms with Crippen LogP contribution < -0.4 is 0 Å². The van der Waals surface area contributed by atoms with Crippen LogP contribution in [-0.4, -0.2) is 58.9 Å². The SMILES string of the molecule is CC(C)N(CC(=O)O)C(=O)C1CCN(C)C(=O)C1. The third kappa shape index (κ3) is 3.45. The van der Waals surface area contributed by atoms with Gasteiger partial charge in [-0.1, -0.05) is 0 Å². The molecule has 0 radical (unpaired) electrons. The van der Waals surface area contributed by atoms with E-state index in [1.165, 1.54) is 4.90 Å². The lowest BCUT2D eigenvalue weighted by atomic mass is 9.94. The molecule has 6 nitrogen and oxygen atoms in total. The normalized spacial score (nSPS) is 20.1. The average molecular weight is 256 g/mol. The fourth-order valence-electron chi connectivity index (χ4n) is 2.05. The first-order chi connectivity index (χ1) is 8.32. The summed E-state index contributed by atoms with van der Waals surface area (Å²) >= 11 is 0. The second-order valence-electron chi connectivity index (χ2n) is 4.96. The largest absolute Gasteiger partial charge is 0.480 e. The topological polar surface area (TPSA) is 77.9 Å². The van der Waals surface area contributed by atoms with E-state index in [0.29, 0.717) is 13.0 Å². The minimum absolute atomic E-state index is 0.0568. The number of amides is 2. The molecule has 1 fully saturated rings. The number of nitrogens with zero attached hydrogens (tertiary/aromatic N) is 2. The highest BCUT2D eigenvalue weighted by molar-refractivity contribution is 5.88. The number of hydrogen-bond donors (Lipinski definition) is 1. The molecule has 1 saturated heterocycles. The second kappa shape index (κ2) is 5.84. The zero-order valence-electron chi connectivity index (χ0n) is 11.0. The lowest BCUT2D eigenvalue weighted by Gasteiger charge is -2.33. The maximum absolute atomic E-state index is 12.2. The summed E-state index contributed by atoms with van der Waals surface area (Å²) in [5, 5.41) is 8.81. The van der Waals surface area contributed by atoms with Gasteiger partial charge < -0.3 is 14.9 Å². The minimum Gasteiger partial charge on any atom is -0.480 e. The summed E-state index contributed by atoms with van der Waals surface area (Å²) in [5.74, 6) is -1.70. The molecule has 0 aromatic heterocycles. The van der Waals surface area contributed by atoms with Gasteiger partial charge >= 0.3 is 5.97 Å². The zero-order chi connectivity index (χ0) is 13.9. The molecule has 0 saturated carbocycles. The number of hydrogen-bond acceptors (Lipinski definition) is 3. The van der Waals surface area contributed by atoms with Crippen LogP contribution in [0, 0.1) is 5.92 Å². The Labute approximate surface area is 107 Å². The van der Waals surface area contributed by atoms with Gasteiger partial charge in [-0.15, -0.1) is 0 Å². The van der Waals surface area contributed by atoms with Crippen molar-refractivity contribution in [3.05, 3.63) is 0 Å². The fraction of sp³-hybridized carbons (Fsp3) is 0.750. The van der Waals surface area contributed by atoms with Crippen LogP contribution in [-0.2, 0) is 14.4 Å². The van der Waals surface area contributed by atoms with E-state index in [4.69, 9.17) is 5.11 Å². The van der Waals surface area contributed by atoms with Gasteiger partial charge in [-0.05, 0) is 20.3 Å². The van der Waals surface area contributed by atoms with Crippen molar-refractivity contribution in [1.29, 1.82) is 0 Å². The van der Waals surface area contributed by atoms with Crippen molar-refractivity contribution in [2.45, 2.75) is 32.7 Å². The van der Waals surface area contributed by atoms with Gasteiger partial charge in [0.05, 0.1) is 0 Å². The van der Waals surface area contributed by atoms with Gasteiger partial charge in [0.2, 0.25) is 11.8 Å². The summed E-state index contributed by atoms with van der Waals surface area (Å²) in [7, 11) is 1.71. The quantitative estimate of drug-likeness (QED) is 0.778. The van der Waals surface area contributed by atoms with Crippen molar-refractivity contribution >= 4 is 17.8 Å². The number of carboxylic acids is 1. The van der Waals surface area contributed by atoms with E-state index in [0.717, 1.165) is 0 Å². The summed E-state index contributed by atoms with van der Waals surface area (Å²) in [4.78, 5) is 37.5. The van der Waals surface area contributed by atoms with Crippen LogP contribution in [0.2, 0.25) is 0 Å². The van der Waals surface area contributed by atoms with Crippen LogP contribution in [0.5, 0.6) is 0 Å². The number of carboxylic acid groups (broad SMARTS) is 1. The molecule has 102 valence electrons. The molecule has 6 heteroatoms. The molecular formula is C12H20N2O4. The Morgan fingerprint density at radius 1 is 1.50 bits per heavy atom. The molecule has 18 heavy (non-hydrogen) atoms. The lowest BCUT2D eigenvalue weighted by molar-refractivity contribution is -0.150. The minimum atomic E-state index is -1.03. The molecule has 1 heterocycles. The Hall–Kier alpha value is -1.59. The molecule has 1 unspecified atom stereocenters. The molecule has 2 amide bonds. The number of rotatable bonds is 4. The Balaban J connectivity index is 2.71. The number of carbonyl (C=O) groups excluding carboxylic acids is 2. The number of carbonyl (C=O) groups is 3. The van der Waals surface area contributed by atoms with Crippen molar-refractivity contribution in [2.24, 2.45) is 5.92 Å². The van der Waals surface area contributed by atoms with Crippen LogP contribution >= 0.6 is 0 Å². The molecule has 1 aliphatic heterocycles. The Bertz CT molecular complexity index is 354. The van der Waals surface area contributed by atoms with E-state index in [2.05, 4.69) is 0 Å². The zero-order valence-corrected chi connectivity index (χ0v) is 11.0. The van der Waals surface area contributed by atoms with Crippen molar-refractivity contribution in [1.82, 2.24) is 9.80 Å². The molecule has 0 aliphatic carbocycles. The molecule has 1 aliphatic rings. The maximum atomic E-state index is 12.2. The van der Waals surface area contributed by atoms with Crippen LogP contribution in [0.4, 0.5) is 0 Å².